The molecule has 0 amide bonds. The summed E-state index contributed by atoms with van der Waals surface area (Å²) in [6, 6.07) is 64.4. The number of aryl methyl sites for hydroxylation is 2. The number of alkyl halides is 3. The fourth-order valence-corrected chi connectivity index (χ4v) is 13.4. The molecule has 1 aliphatic heterocycles. The second-order valence-corrected chi connectivity index (χ2v) is 26.7. The number of allylic oxidation sites excluding steroid dienone is 2. The summed E-state index contributed by atoms with van der Waals surface area (Å²) >= 11 is 0. The molecule has 10 aromatic carbocycles. The summed E-state index contributed by atoms with van der Waals surface area (Å²) in [5, 5.41) is 2.87. The zero-order valence-electron chi connectivity index (χ0n) is 53.9. The highest BCUT2D eigenvalue weighted by Gasteiger charge is 2.36. The molecule has 1 aliphatic rings. The third-order valence-corrected chi connectivity index (χ3v) is 18.3. The number of aliphatic imine (C=N–C) groups is 1. The Labute approximate surface area is 551 Å². The van der Waals surface area contributed by atoms with E-state index in [1.165, 1.54) is 12.1 Å². The minimum atomic E-state index is -4.48. The number of fused-ring (bicyclic) bond motifs is 2. The zero-order chi connectivity index (χ0) is 67.3. The third kappa shape index (κ3) is 11.3. The number of esters is 1. The van der Waals surface area contributed by atoms with E-state index in [9.17, 15) is 27.6 Å². The number of hydrogen-bond acceptors (Lipinski definition) is 6. The van der Waals surface area contributed by atoms with Gasteiger partial charge in [-0.2, -0.15) is 13.2 Å². The summed E-state index contributed by atoms with van der Waals surface area (Å²) in [4.78, 5) is 48.8. The van der Waals surface area contributed by atoms with Gasteiger partial charge in [0.2, 0.25) is 0 Å². The number of hydrogen-bond donors (Lipinski definition) is 0. The minimum absolute atomic E-state index is 0.107. The standard InChI is InChI=1S/C82H63BF5N3O5/c1-47-41-60(95-71(92)43-49-19-34-59(35-20-49)90-78(93)62-37-36-61-66-44-55(50-21-32-58(33-22-50)82(84,85)86)27-39-69(66)96-70-40-38-63(79(90)94)73(62)74(61)70)42-48(2)72(47)75(76-64(51-15-11-9-12-16-51)45-67(89-76)53-23-28-56(29-24-53)80(3,4)5)77-65(52-17-13-10-14-18-52)46-68(91(77)83(87)88)54-25-30-57(31-26-54)81(6,7)8/h9-42,44-46H,43H2,1-8H3/b76-75-. The molecule has 13 aromatic rings. The van der Waals surface area contributed by atoms with Crippen LogP contribution in [0.1, 0.15) is 97.3 Å². The van der Waals surface area contributed by atoms with E-state index in [0.29, 0.717) is 99.9 Å². The quantitative estimate of drug-likeness (QED) is 0.0303. The van der Waals surface area contributed by atoms with Crippen molar-refractivity contribution in [2.45, 2.75) is 78.8 Å². The van der Waals surface area contributed by atoms with Crippen molar-refractivity contribution in [1.82, 2.24) is 9.05 Å². The highest BCUT2D eigenvalue weighted by atomic mass is 19.4. The van der Waals surface area contributed by atoms with Crippen LogP contribution < -0.4 is 15.9 Å². The fourth-order valence-electron chi connectivity index (χ4n) is 13.4. The molecule has 3 aromatic heterocycles. The van der Waals surface area contributed by atoms with Crippen molar-refractivity contribution in [3.63, 3.8) is 0 Å². The van der Waals surface area contributed by atoms with Crippen molar-refractivity contribution in [2.75, 3.05) is 0 Å². The molecule has 0 atom stereocenters. The molecule has 474 valence electrons. The van der Waals surface area contributed by atoms with Gasteiger partial charge < -0.3 is 13.6 Å². The normalized spacial score (nSPS) is 13.5. The summed E-state index contributed by atoms with van der Waals surface area (Å²) in [6.45, 7) is 16.6. The van der Waals surface area contributed by atoms with E-state index < -0.39 is 36.2 Å². The van der Waals surface area contributed by atoms with Crippen LogP contribution >= 0.6 is 0 Å². The molecule has 14 heteroatoms. The average Bonchev–Trinajstić information content (AvgIpc) is 0.923. The van der Waals surface area contributed by atoms with Gasteiger partial charge in [-0.1, -0.05) is 187 Å². The maximum Gasteiger partial charge on any atom is 0.678 e. The van der Waals surface area contributed by atoms with Gasteiger partial charge in [0, 0.05) is 54.9 Å². The molecule has 0 bridgehead atoms. The van der Waals surface area contributed by atoms with E-state index in [4.69, 9.17) is 14.1 Å². The zero-order valence-corrected chi connectivity index (χ0v) is 53.9. The lowest BCUT2D eigenvalue weighted by Gasteiger charge is -2.23. The average molecular weight is 1280 g/mol. The third-order valence-electron chi connectivity index (χ3n) is 18.3. The first-order valence-corrected chi connectivity index (χ1v) is 31.7. The number of pyridine rings is 1. The van der Waals surface area contributed by atoms with E-state index >= 15 is 8.63 Å². The number of carbonyl (C=O) groups excluding carboxylic acids is 1. The van der Waals surface area contributed by atoms with Crippen molar-refractivity contribution in [3.8, 4) is 44.9 Å². The van der Waals surface area contributed by atoms with Gasteiger partial charge in [0.15, 0.2) is 0 Å². The van der Waals surface area contributed by atoms with Crippen LogP contribution in [-0.2, 0) is 28.2 Å². The maximum absolute atomic E-state index is 16.8. The van der Waals surface area contributed by atoms with Crippen molar-refractivity contribution >= 4 is 73.7 Å². The Morgan fingerprint density at radius 3 is 1.65 bits per heavy atom. The summed E-state index contributed by atoms with van der Waals surface area (Å²) in [6.07, 6.45) is -2.63. The molecule has 0 saturated carbocycles. The summed E-state index contributed by atoms with van der Waals surface area (Å²) in [5.41, 5.74) is 11.4. The lowest BCUT2D eigenvalue weighted by molar-refractivity contribution is -0.137. The molecule has 96 heavy (non-hydrogen) atoms. The summed E-state index contributed by atoms with van der Waals surface area (Å²) in [5.74, 6) is -0.365. The smallest absolute Gasteiger partial charge is 0.456 e. The second kappa shape index (κ2) is 23.8. The van der Waals surface area contributed by atoms with Crippen LogP contribution in [-0.4, -0.2) is 28.1 Å². The van der Waals surface area contributed by atoms with Gasteiger partial charge in [-0.3, -0.25) is 23.0 Å². The van der Waals surface area contributed by atoms with Gasteiger partial charge in [-0.15, -0.1) is 0 Å². The molecule has 14 rings (SSSR count). The van der Waals surface area contributed by atoms with Crippen molar-refractivity contribution in [2.24, 2.45) is 4.99 Å². The number of rotatable bonds is 12. The first-order chi connectivity index (χ1) is 45.9. The predicted molar refractivity (Wildman–Crippen MR) is 377 cm³/mol. The lowest BCUT2D eigenvalue weighted by Crippen LogP contribution is -2.31. The molecule has 0 fully saturated rings. The van der Waals surface area contributed by atoms with Gasteiger partial charge in [0.1, 0.15) is 16.9 Å². The van der Waals surface area contributed by atoms with Crippen LogP contribution in [0.2, 0.25) is 0 Å². The van der Waals surface area contributed by atoms with Crippen molar-refractivity contribution < 1.29 is 35.8 Å². The minimum Gasteiger partial charge on any atom is -0.456 e. The number of carbonyl (C=O) groups is 1. The Morgan fingerprint density at radius 2 is 1.06 bits per heavy atom. The number of ether oxygens (including phenoxy) is 1. The first-order valence-electron chi connectivity index (χ1n) is 31.7. The van der Waals surface area contributed by atoms with Gasteiger partial charge in [0.25, 0.3) is 11.1 Å². The largest absolute Gasteiger partial charge is 0.678 e. The molecule has 0 unspecified atom stereocenters. The van der Waals surface area contributed by atoms with E-state index in [0.717, 1.165) is 54.6 Å². The molecule has 0 spiro atoms. The summed E-state index contributed by atoms with van der Waals surface area (Å²) in [7, 11) is -3.02. The predicted octanol–water partition coefficient (Wildman–Crippen LogP) is 20.1. The van der Waals surface area contributed by atoms with Crippen LogP contribution in [0.3, 0.4) is 0 Å². The number of benzene rings is 10. The Morgan fingerprint density at radius 1 is 0.531 bits per heavy atom. The van der Waals surface area contributed by atoms with Gasteiger partial charge in [0.05, 0.1) is 34.8 Å². The van der Waals surface area contributed by atoms with E-state index in [-0.39, 0.29) is 45.2 Å². The summed E-state index contributed by atoms with van der Waals surface area (Å²) < 4.78 is 88.6. The Balaban J connectivity index is 0.829. The van der Waals surface area contributed by atoms with Crippen LogP contribution in [0.15, 0.2) is 249 Å². The number of nitrogens with zero attached hydrogens (tertiary/aromatic N) is 3. The lowest BCUT2D eigenvalue weighted by atomic mass is 9.86. The van der Waals surface area contributed by atoms with Gasteiger partial charge in [-0.05, 0) is 170 Å². The SMILES string of the molecule is Cc1cc(OC(=O)Cc2ccc(-n3c(=O)c4ccc5oc6ccc(-c7ccc(C(F)(F)F)cc7)cc6c6ccc(c3=O)c4c56)cc2)cc(C)c1/C(=C1/N=C(c2ccc(C(C)(C)C)cc2)C=C1c1ccccc1)c1c(-c2ccccc2)cc(-c2ccc(C(C)(C)C)cc2)n1B(F)F. The van der Waals surface area contributed by atoms with E-state index in [1.54, 1.807) is 72.8 Å². The van der Waals surface area contributed by atoms with Crippen molar-refractivity contribution in [3.05, 3.63) is 307 Å². The van der Waals surface area contributed by atoms with E-state index in [2.05, 4.69) is 65.8 Å². The Bertz CT molecular complexity index is 5420. The van der Waals surface area contributed by atoms with Crippen LogP contribution in [0.4, 0.5) is 21.8 Å². The van der Waals surface area contributed by atoms with Crippen LogP contribution in [0, 0.1) is 13.8 Å². The molecule has 8 nitrogen and oxygen atoms in total. The first kappa shape index (κ1) is 62.5. The van der Waals surface area contributed by atoms with Gasteiger partial charge >= 0.3 is 19.5 Å². The second-order valence-electron chi connectivity index (χ2n) is 26.7. The topological polar surface area (TPSA) is 95.8 Å². The van der Waals surface area contributed by atoms with Crippen molar-refractivity contribution in [1.29, 1.82) is 0 Å². The highest BCUT2D eigenvalue weighted by Crippen LogP contribution is 2.48. The van der Waals surface area contributed by atoms with Crippen LogP contribution in [0.5, 0.6) is 5.75 Å². The molecule has 0 radical (unpaired) electrons. The molecule has 4 heterocycles. The van der Waals surface area contributed by atoms with Gasteiger partial charge in [-0.25, -0.2) is 9.56 Å². The highest BCUT2D eigenvalue weighted by molar-refractivity contribution is 6.43. The Kier molecular flexibility index (Phi) is 15.5. The molecule has 0 aliphatic carbocycles. The number of halogens is 5. The maximum atomic E-state index is 16.8. The molecule has 0 saturated heterocycles. The molecular weight excluding hydrogens is 1210 g/mol. The van der Waals surface area contributed by atoms with E-state index in [1.807, 2.05) is 117 Å². The monoisotopic (exact) mass is 1280 g/mol. The molecule has 0 N–H and O–H groups in total. The fraction of sp³-hybridized carbons (Fsp3) is 0.146. The van der Waals surface area contributed by atoms with Crippen LogP contribution in [0.25, 0.3) is 93.8 Å². The molecular formula is C82H63BF5N3O5. The number of aromatic nitrogens is 2. The Hall–Kier alpha value is -11.0.